The van der Waals surface area contributed by atoms with Crippen LogP contribution in [0.4, 0.5) is 5.69 Å². The van der Waals surface area contributed by atoms with Crippen LogP contribution in [0.1, 0.15) is 15.9 Å². The quantitative estimate of drug-likeness (QED) is 0.502. The van der Waals surface area contributed by atoms with Crippen LogP contribution in [-0.2, 0) is 16.6 Å². The number of aromatic nitrogens is 1. The van der Waals surface area contributed by atoms with E-state index in [2.05, 4.69) is 16.4 Å². The summed E-state index contributed by atoms with van der Waals surface area (Å²) in [5.74, 6) is 0.249. The van der Waals surface area contributed by atoms with Gasteiger partial charge in [-0.05, 0) is 42.0 Å². The summed E-state index contributed by atoms with van der Waals surface area (Å²) in [5, 5.41) is 3.87. The van der Waals surface area contributed by atoms with E-state index < -0.39 is 10.8 Å². The van der Waals surface area contributed by atoms with Crippen LogP contribution >= 0.6 is 11.3 Å². The maximum Gasteiger partial charge on any atom is 0.255 e. The highest BCUT2D eigenvalue weighted by Crippen LogP contribution is 2.31. The molecule has 28 heavy (non-hydrogen) atoms. The Morgan fingerprint density at radius 2 is 1.86 bits per heavy atom. The van der Waals surface area contributed by atoms with Crippen LogP contribution in [-0.4, -0.2) is 21.4 Å². The average molecular weight is 407 g/mol. The van der Waals surface area contributed by atoms with Crippen LogP contribution in [0.2, 0.25) is 0 Å². The van der Waals surface area contributed by atoms with Crippen molar-refractivity contribution in [2.24, 2.45) is 0 Å². The van der Waals surface area contributed by atoms with E-state index in [4.69, 9.17) is 0 Å². The number of benzene rings is 3. The molecule has 4 nitrogen and oxygen atoms in total. The molecule has 0 aliphatic carbocycles. The number of nitrogens with zero attached hydrogens (tertiary/aromatic N) is 1. The lowest BCUT2D eigenvalue weighted by atomic mass is 10.1. The summed E-state index contributed by atoms with van der Waals surface area (Å²) in [7, 11) is -0.945. The average Bonchev–Trinajstić information content (AvgIpc) is 3.12. The number of thiazole rings is 1. The van der Waals surface area contributed by atoms with E-state index in [1.165, 1.54) is 0 Å². The molecule has 4 aromatic rings. The molecule has 140 valence electrons. The Morgan fingerprint density at radius 3 is 2.68 bits per heavy atom. The Bertz CT molecular complexity index is 1150. The standard InChI is InChI=1S/C22H18N2O2S2/c1-28(26)14-15-6-4-7-16(12-15)21(25)23-18-9-5-8-17(13-18)22-24-19-10-2-3-11-20(19)27-22/h2-13H,14H2,1H3,(H,23,25). The molecule has 0 fully saturated rings. The summed E-state index contributed by atoms with van der Waals surface area (Å²) < 4.78 is 12.6. The first kappa shape index (κ1) is 18.5. The molecule has 1 aromatic heterocycles. The van der Waals surface area contributed by atoms with Gasteiger partial charge in [0.1, 0.15) is 5.01 Å². The van der Waals surface area contributed by atoms with Crippen molar-refractivity contribution in [3.8, 4) is 10.6 Å². The largest absolute Gasteiger partial charge is 0.322 e. The number of fused-ring (bicyclic) bond motifs is 1. The van der Waals surface area contributed by atoms with E-state index in [9.17, 15) is 9.00 Å². The lowest BCUT2D eigenvalue weighted by Gasteiger charge is -2.08. The normalized spacial score (nSPS) is 12.0. The predicted octanol–water partition coefficient (Wildman–Crippen LogP) is 5.09. The third kappa shape index (κ3) is 4.18. The van der Waals surface area contributed by atoms with Gasteiger partial charge in [-0.1, -0.05) is 36.4 Å². The molecule has 1 unspecified atom stereocenters. The molecule has 1 heterocycles. The minimum atomic E-state index is -0.945. The fourth-order valence-electron chi connectivity index (χ4n) is 2.97. The maximum absolute atomic E-state index is 12.6. The van der Waals surface area contributed by atoms with Crippen molar-refractivity contribution in [1.29, 1.82) is 0 Å². The summed E-state index contributed by atoms with van der Waals surface area (Å²) in [6.07, 6.45) is 1.65. The molecular formula is C22H18N2O2S2. The molecule has 6 heteroatoms. The van der Waals surface area contributed by atoms with Gasteiger partial charge in [0, 0.05) is 39.6 Å². The summed E-state index contributed by atoms with van der Waals surface area (Å²) >= 11 is 1.63. The van der Waals surface area contributed by atoms with Crippen LogP contribution in [0.3, 0.4) is 0 Å². The molecule has 0 radical (unpaired) electrons. The lowest BCUT2D eigenvalue weighted by Crippen LogP contribution is -2.12. The zero-order valence-corrected chi connectivity index (χ0v) is 16.8. The fraction of sp³-hybridized carbons (Fsp3) is 0.0909. The van der Waals surface area contributed by atoms with Crippen LogP contribution in [0.25, 0.3) is 20.8 Å². The molecule has 3 aromatic carbocycles. The highest BCUT2D eigenvalue weighted by atomic mass is 32.2. The second-order valence-corrected chi connectivity index (χ2v) is 8.91. The van der Waals surface area contributed by atoms with E-state index >= 15 is 0 Å². The smallest absolute Gasteiger partial charge is 0.255 e. The van der Waals surface area contributed by atoms with E-state index in [0.717, 1.165) is 26.4 Å². The maximum atomic E-state index is 12.6. The second kappa shape index (κ2) is 8.04. The fourth-order valence-corrected chi connectivity index (χ4v) is 4.58. The van der Waals surface area contributed by atoms with E-state index in [1.54, 1.807) is 29.7 Å². The summed E-state index contributed by atoms with van der Waals surface area (Å²) in [6.45, 7) is 0. The minimum absolute atomic E-state index is 0.190. The molecule has 1 atom stereocenters. The van der Waals surface area contributed by atoms with Gasteiger partial charge in [-0.15, -0.1) is 11.3 Å². The first-order valence-electron chi connectivity index (χ1n) is 8.75. The van der Waals surface area contributed by atoms with Crippen molar-refractivity contribution in [3.05, 3.63) is 83.9 Å². The first-order valence-corrected chi connectivity index (χ1v) is 11.3. The van der Waals surface area contributed by atoms with Crippen molar-refractivity contribution in [3.63, 3.8) is 0 Å². The van der Waals surface area contributed by atoms with Crippen molar-refractivity contribution in [1.82, 2.24) is 4.98 Å². The SMILES string of the molecule is CS(=O)Cc1cccc(C(=O)Nc2cccc(-c3nc4ccccc4s3)c2)c1. The summed E-state index contributed by atoms with van der Waals surface area (Å²) in [6, 6.07) is 23.0. The van der Waals surface area contributed by atoms with Gasteiger partial charge in [0.2, 0.25) is 0 Å². The third-order valence-electron chi connectivity index (χ3n) is 4.22. The number of anilines is 1. The number of carbonyl (C=O) groups is 1. The van der Waals surface area contributed by atoms with Gasteiger partial charge in [-0.25, -0.2) is 4.98 Å². The highest BCUT2D eigenvalue weighted by Gasteiger charge is 2.10. The number of hydrogen-bond acceptors (Lipinski definition) is 4. The van der Waals surface area contributed by atoms with Crippen molar-refractivity contribution < 1.29 is 9.00 Å². The van der Waals surface area contributed by atoms with Gasteiger partial charge in [-0.3, -0.25) is 9.00 Å². The second-order valence-electron chi connectivity index (χ2n) is 6.44. The third-order valence-corrected chi connectivity index (χ3v) is 6.05. The predicted molar refractivity (Wildman–Crippen MR) is 117 cm³/mol. The first-order chi connectivity index (χ1) is 13.6. The van der Waals surface area contributed by atoms with E-state index in [-0.39, 0.29) is 5.91 Å². The molecule has 0 spiro atoms. The molecule has 0 saturated heterocycles. The summed E-state index contributed by atoms with van der Waals surface area (Å²) in [4.78, 5) is 17.3. The number of carbonyl (C=O) groups excluding carboxylic acids is 1. The van der Waals surface area contributed by atoms with Crippen molar-refractivity contribution in [2.45, 2.75) is 5.75 Å². The molecule has 4 rings (SSSR count). The molecule has 0 bridgehead atoms. The topological polar surface area (TPSA) is 59.1 Å². The summed E-state index contributed by atoms with van der Waals surface area (Å²) in [5.41, 5.74) is 4.09. The Morgan fingerprint density at radius 1 is 1.04 bits per heavy atom. The Kier molecular flexibility index (Phi) is 5.32. The van der Waals surface area contributed by atoms with Gasteiger partial charge in [0.25, 0.3) is 5.91 Å². The van der Waals surface area contributed by atoms with Crippen LogP contribution in [0.5, 0.6) is 0 Å². The molecule has 1 N–H and O–H groups in total. The highest BCUT2D eigenvalue weighted by molar-refractivity contribution is 7.83. The van der Waals surface area contributed by atoms with Crippen molar-refractivity contribution >= 4 is 43.9 Å². The van der Waals surface area contributed by atoms with Crippen LogP contribution in [0, 0.1) is 0 Å². The molecular weight excluding hydrogens is 388 g/mol. The molecule has 1 amide bonds. The van der Waals surface area contributed by atoms with E-state index in [1.807, 2.05) is 54.6 Å². The van der Waals surface area contributed by atoms with E-state index in [0.29, 0.717) is 17.0 Å². The van der Waals surface area contributed by atoms with Crippen molar-refractivity contribution in [2.75, 3.05) is 11.6 Å². The van der Waals surface area contributed by atoms with Crippen LogP contribution < -0.4 is 5.32 Å². The number of para-hydroxylation sites is 1. The van der Waals surface area contributed by atoms with Gasteiger partial charge in [0.05, 0.1) is 10.2 Å². The molecule has 0 saturated carbocycles. The van der Waals surface area contributed by atoms with Gasteiger partial charge in [-0.2, -0.15) is 0 Å². The van der Waals surface area contributed by atoms with Gasteiger partial charge >= 0.3 is 0 Å². The molecule has 0 aliphatic rings. The number of hydrogen-bond donors (Lipinski definition) is 1. The minimum Gasteiger partial charge on any atom is -0.322 e. The zero-order chi connectivity index (χ0) is 19.5. The Labute approximate surface area is 169 Å². The van der Waals surface area contributed by atoms with Crippen LogP contribution in [0.15, 0.2) is 72.8 Å². The lowest BCUT2D eigenvalue weighted by molar-refractivity contribution is 0.102. The Balaban J connectivity index is 1.56. The number of rotatable bonds is 5. The van der Waals surface area contributed by atoms with Gasteiger partial charge in [0.15, 0.2) is 0 Å². The zero-order valence-electron chi connectivity index (χ0n) is 15.2. The monoisotopic (exact) mass is 406 g/mol. The van der Waals surface area contributed by atoms with Gasteiger partial charge < -0.3 is 5.32 Å². The molecule has 0 aliphatic heterocycles. The Hall–Kier alpha value is -2.83. The number of nitrogens with one attached hydrogen (secondary N) is 1. The number of amides is 1.